The number of nitrogens with zero attached hydrogens (tertiary/aromatic N) is 1. The summed E-state index contributed by atoms with van der Waals surface area (Å²) in [5.41, 5.74) is -0.0728. The molecule has 2 aliphatic heterocycles. The molecule has 0 aromatic rings. The van der Waals surface area contributed by atoms with Gasteiger partial charge in [0.2, 0.25) is 5.91 Å². The maximum absolute atomic E-state index is 12.0. The van der Waals surface area contributed by atoms with Gasteiger partial charge < -0.3 is 20.5 Å². The van der Waals surface area contributed by atoms with Crippen LogP contribution in [0, 0.1) is 0 Å². The summed E-state index contributed by atoms with van der Waals surface area (Å²) in [5, 5.41) is 15.4. The second-order valence-corrected chi connectivity index (χ2v) is 5.98. The Hall–Kier alpha value is -0.110. The van der Waals surface area contributed by atoms with E-state index in [1.165, 1.54) is 0 Å². The van der Waals surface area contributed by atoms with Gasteiger partial charge in [-0.3, -0.25) is 9.69 Å². The minimum absolute atomic E-state index is 0. The molecule has 0 radical (unpaired) electrons. The van der Waals surface area contributed by atoms with Crippen LogP contribution in [0.4, 0.5) is 0 Å². The first-order valence-corrected chi connectivity index (χ1v) is 7.01. The van der Waals surface area contributed by atoms with E-state index in [0.717, 1.165) is 26.3 Å². The molecule has 2 atom stereocenters. The molecule has 8 heteroatoms. The quantitative estimate of drug-likeness (QED) is 0.658. The molecule has 126 valence electrons. The summed E-state index contributed by atoms with van der Waals surface area (Å²) in [7, 11) is 0. The maximum Gasteiger partial charge on any atom is 0.237 e. The Labute approximate surface area is 138 Å². The highest BCUT2D eigenvalue weighted by Gasteiger charge is 2.32. The highest BCUT2D eigenvalue weighted by molar-refractivity contribution is 5.85. The van der Waals surface area contributed by atoms with Crippen LogP contribution in [0.1, 0.15) is 20.3 Å². The van der Waals surface area contributed by atoms with Crippen LogP contribution in [0.25, 0.3) is 0 Å². The Morgan fingerprint density at radius 1 is 1.38 bits per heavy atom. The molecular weight excluding hydrogens is 317 g/mol. The summed E-state index contributed by atoms with van der Waals surface area (Å²) in [6, 6.07) is -0.254. The van der Waals surface area contributed by atoms with Crippen LogP contribution in [0.15, 0.2) is 0 Å². The Morgan fingerprint density at radius 3 is 2.52 bits per heavy atom. The summed E-state index contributed by atoms with van der Waals surface area (Å²) in [6.45, 7) is 8.71. The third-order valence-corrected chi connectivity index (χ3v) is 3.99. The highest BCUT2D eigenvalue weighted by atomic mass is 35.5. The number of nitrogens with one attached hydrogen (secondary N) is 2. The number of hydrogen-bond acceptors (Lipinski definition) is 5. The van der Waals surface area contributed by atoms with Crippen molar-refractivity contribution in [2.45, 2.75) is 38.0 Å². The summed E-state index contributed by atoms with van der Waals surface area (Å²) < 4.78 is 5.35. The normalized spacial score (nSPS) is 26.6. The van der Waals surface area contributed by atoms with E-state index in [1.54, 1.807) is 0 Å². The third-order valence-electron chi connectivity index (χ3n) is 3.99. The van der Waals surface area contributed by atoms with Crippen molar-refractivity contribution < 1.29 is 14.6 Å². The summed E-state index contributed by atoms with van der Waals surface area (Å²) in [4.78, 5) is 14.3. The van der Waals surface area contributed by atoms with Gasteiger partial charge in [-0.1, -0.05) is 0 Å². The van der Waals surface area contributed by atoms with E-state index in [2.05, 4.69) is 29.4 Å². The number of amides is 1. The van der Waals surface area contributed by atoms with Crippen LogP contribution in [0.5, 0.6) is 0 Å². The van der Waals surface area contributed by atoms with E-state index in [1.807, 2.05) is 0 Å². The molecule has 2 saturated heterocycles. The number of halogens is 2. The average Bonchev–Trinajstić information content (AvgIpc) is 2.84. The molecular formula is C13H27Cl2N3O3. The number of ether oxygens (including phenoxy) is 1. The molecule has 2 rings (SSSR count). The van der Waals surface area contributed by atoms with Gasteiger partial charge >= 0.3 is 0 Å². The lowest BCUT2D eigenvalue weighted by molar-refractivity contribution is -0.123. The van der Waals surface area contributed by atoms with Crippen molar-refractivity contribution in [3.63, 3.8) is 0 Å². The summed E-state index contributed by atoms with van der Waals surface area (Å²) in [6.07, 6.45) is 0.104. The van der Waals surface area contributed by atoms with Crippen LogP contribution in [-0.2, 0) is 9.53 Å². The zero-order valence-electron chi connectivity index (χ0n) is 12.6. The van der Waals surface area contributed by atoms with Crippen LogP contribution in [0.3, 0.4) is 0 Å². The van der Waals surface area contributed by atoms with Crippen molar-refractivity contribution in [2.75, 3.05) is 39.4 Å². The summed E-state index contributed by atoms with van der Waals surface area (Å²) >= 11 is 0. The lowest BCUT2D eigenvalue weighted by Gasteiger charge is -2.41. The second-order valence-electron chi connectivity index (χ2n) is 5.98. The predicted octanol–water partition coefficient (Wildman–Crippen LogP) is -0.220. The topological polar surface area (TPSA) is 73.8 Å². The first-order chi connectivity index (χ1) is 8.99. The first kappa shape index (κ1) is 20.9. The Morgan fingerprint density at radius 2 is 2.00 bits per heavy atom. The number of aliphatic hydroxyl groups is 1. The van der Waals surface area contributed by atoms with Gasteiger partial charge in [-0.25, -0.2) is 0 Å². The zero-order valence-corrected chi connectivity index (χ0v) is 14.3. The number of β-amino-alcohol motifs (C(OH)–C–C–N with tert-alkyl or cyclic N) is 1. The summed E-state index contributed by atoms with van der Waals surface area (Å²) in [5.74, 6) is -0.0158. The Bertz CT molecular complexity index is 326. The first-order valence-electron chi connectivity index (χ1n) is 7.01. The molecule has 0 aliphatic carbocycles. The molecule has 3 N–H and O–H groups in total. The standard InChI is InChI=1S/C13H25N3O3.2ClH/c1-13(2,16-3-5-19-6-4-16)9-15-12(18)11-7-10(17)8-14-11;;/h10-11,14,17H,3-9H2,1-2H3,(H,15,18);2*1H. The molecule has 0 spiro atoms. The van der Waals surface area contributed by atoms with Gasteiger partial charge in [0.1, 0.15) is 0 Å². The lowest BCUT2D eigenvalue weighted by atomic mass is 10.0. The lowest BCUT2D eigenvalue weighted by Crippen LogP contribution is -2.56. The average molecular weight is 344 g/mol. The van der Waals surface area contributed by atoms with E-state index >= 15 is 0 Å². The molecule has 2 heterocycles. The van der Waals surface area contributed by atoms with Gasteiger partial charge in [0.15, 0.2) is 0 Å². The van der Waals surface area contributed by atoms with Crippen LogP contribution in [-0.4, -0.2) is 73.0 Å². The fourth-order valence-corrected chi connectivity index (χ4v) is 2.62. The largest absolute Gasteiger partial charge is 0.392 e. The molecule has 21 heavy (non-hydrogen) atoms. The van der Waals surface area contributed by atoms with Gasteiger partial charge in [0.25, 0.3) is 0 Å². The molecule has 1 amide bonds. The third kappa shape index (κ3) is 5.88. The molecule has 0 aromatic carbocycles. The van der Waals surface area contributed by atoms with E-state index < -0.39 is 6.10 Å². The van der Waals surface area contributed by atoms with E-state index in [4.69, 9.17) is 4.74 Å². The van der Waals surface area contributed by atoms with Gasteiger partial charge in [0.05, 0.1) is 25.4 Å². The number of aliphatic hydroxyl groups excluding tert-OH is 1. The van der Waals surface area contributed by atoms with Crippen LogP contribution >= 0.6 is 24.8 Å². The second kappa shape index (κ2) is 9.12. The molecule has 0 bridgehead atoms. The molecule has 2 fully saturated rings. The number of morpholine rings is 1. The predicted molar refractivity (Wildman–Crippen MR) is 86.4 cm³/mol. The smallest absolute Gasteiger partial charge is 0.237 e. The number of hydrogen-bond donors (Lipinski definition) is 3. The minimum atomic E-state index is -0.400. The Kier molecular flexibility index (Phi) is 9.08. The van der Waals surface area contributed by atoms with Crippen molar-refractivity contribution in [3.8, 4) is 0 Å². The fraction of sp³-hybridized carbons (Fsp3) is 0.923. The van der Waals surface area contributed by atoms with Crippen molar-refractivity contribution in [1.29, 1.82) is 0 Å². The van der Waals surface area contributed by atoms with E-state index in [-0.39, 0.29) is 42.3 Å². The van der Waals surface area contributed by atoms with Crippen molar-refractivity contribution in [1.82, 2.24) is 15.5 Å². The maximum atomic E-state index is 12.0. The van der Waals surface area contributed by atoms with Crippen LogP contribution < -0.4 is 10.6 Å². The highest BCUT2D eigenvalue weighted by Crippen LogP contribution is 2.15. The monoisotopic (exact) mass is 343 g/mol. The van der Waals surface area contributed by atoms with Crippen LogP contribution in [0.2, 0.25) is 0 Å². The van der Waals surface area contributed by atoms with E-state index in [0.29, 0.717) is 19.5 Å². The zero-order chi connectivity index (χ0) is 13.9. The van der Waals surface area contributed by atoms with E-state index in [9.17, 15) is 9.90 Å². The molecule has 0 saturated carbocycles. The van der Waals surface area contributed by atoms with Crippen molar-refractivity contribution in [3.05, 3.63) is 0 Å². The SMILES string of the molecule is CC(C)(CNC(=O)C1CC(O)CN1)N1CCOCC1.Cl.Cl. The Balaban J connectivity index is 0.00000200. The minimum Gasteiger partial charge on any atom is -0.392 e. The molecule has 6 nitrogen and oxygen atoms in total. The van der Waals surface area contributed by atoms with Crippen molar-refractivity contribution in [2.24, 2.45) is 0 Å². The van der Waals surface area contributed by atoms with Gasteiger partial charge in [-0.05, 0) is 20.3 Å². The molecule has 2 unspecified atom stereocenters. The number of carbonyl (C=O) groups excluding carboxylic acids is 1. The number of carbonyl (C=O) groups is 1. The van der Waals surface area contributed by atoms with Gasteiger partial charge in [-0.2, -0.15) is 0 Å². The number of rotatable bonds is 4. The van der Waals surface area contributed by atoms with Gasteiger partial charge in [0, 0.05) is 31.7 Å². The molecule has 0 aromatic heterocycles. The van der Waals surface area contributed by atoms with Gasteiger partial charge in [-0.15, -0.1) is 24.8 Å². The fourth-order valence-electron chi connectivity index (χ4n) is 2.62. The van der Waals surface area contributed by atoms with Crippen molar-refractivity contribution >= 4 is 30.7 Å². The molecule has 2 aliphatic rings.